The second kappa shape index (κ2) is 10.0. The Morgan fingerprint density at radius 3 is 2.52 bits per heavy atom. The van der Waals surface area contributed by atoms with Crippen LogP contribution in [0.25, 0.3) is 0 Å². The maximum atomic E-state index is 12.4. The molecule has 0 aliphatic carbocycles. The van der Waals surface area contributed by atoms with Crippen molar-refractivity contribution in [2.45, 2.75) is 13.0 Å². The summed E-state index contributed by atoms with van der Waals surface area (Å²) in [4.78, 5) is 22.8. The molecular weight excluding hydrogens is 482 g/mol. The highest BCUT2D eigenvalue weighted by Gasteiger charge is 2.16. The van der Waals surface area contributed by atoms with E-state index in [1.165, 1.54) is 12.1 Å². The van der Waals surface area contributed by atoms with E-state index < -0.39 is 29.6 Å². The maximum absolute atomic E-state index is 12.4. The summed E-state index contributed by atoms with van der Waals surface area (Å²) in [5.41, 5.74) is -0.433. The molecule has 0 radical (unpaired) electrons. The highest BCUT2D eigenvalue weighted by molar-refractivity contribution is 9.10. The quantitative estimate of drug-likeness (QED) is 0.313. The van der Waals surface area contributed by atoms with Gasteiger partial charge in [-0.05, 0) is 36.4 Å². The number of benzene rings is 2. The Balaban J connectivity index is 1.66. The Hall–Kier alpha value is -3.47. The van der Waals surface area contributed by atoms with Crippen molar-refractivity contribution in [3.63, 3.8) is 0 Å². The van der Waals surface area contributed by atoms with E-state index in [1.807, 2.05) is 12.1 Å². The largest absolute Gasteiger partial charge is 0.487 e. The number of furan rings is 1. The first-order valence-corrected chi connectivity index (χ1v) is 9.58. The van der Waals surface area contributed by atoms with Crippen LogP contribution in [0.2, 0.25) is 0 Å². The number of nitrogens with zero attached hydrogens (tertiary/aromatic N) is 1. The van der Waals surface area contributed by atoms with E-state index in [1.54, 1.807) is 18.2 Å². The van der Waals surface area contributed by atoms with Gasteiger partial charge in [0.1, 0.15) is 30.5 Å². The van der Waals surface area contributed by atoms with Gasteiger partial charge in [0.2, 0.25) is 0 Å². The predicted octanol–water partition coefficient (Wildman–Crippen LogP) is 5.43. The van der Waals surface area contributed by atoms with Gasteiger partial charge in [-0.3, -0.25) is 14.9 Å². The number of non-ortho nitro benzene ring substituents is 1. The molecule has 3 aromatic rings. The summed E-state index contributed by atoms with van der Waals surface area (Å²) in [6, 6.07) is 13.4. The van der Waals surface area contributed by atoms with E-state index in [-0.39, 0.29) is 23.8 Å². The normalized spacial score (nSPS) is 10.7. The number of ether oxygens (including phenoxy) is 2. The van der Waals surface area contributed by atoms with Gasteiger partial charge in [0, 0.05) is 16.6 Å². The van der Waals surface area contributed by atoms with Gasteiger partial charge in [-0.1, -0.05) is 15.9 Å². The summed E-state index contributed by atoms with van der Waals surface area (Å²) >= 11 is 3.32. The number of carbonyl (C=O) groups excluding carboxylic acids is 1. The Kier molecular flexibility index (Phi) is 7.19. The molecule has 0 unspecified atom stereocenters. The van der Waals surface area contributed by atoms with Crippen LogP contribution in [0.5, 0.6) is 11.5 Å². The summed E-state index contributed by atoms with van der Waals surface area (Å²) in [7, 11) is 0. The Morgan fingerprint density at radius 2 is 1.84 bits per heavy atom. The van der Waals surface area contributed by atoms with Crippen LogP contribution in [0, 0.1) is 10.1 Å². The van der Waals surface area contributed by atoms with Crippen molar-refractivity contribution < 1.29 is 32.4 Å². The number of hydrogen-bond acceptors (Lipinski definition) is 6. The summed E-state index contributed by atoms with van der Waals surface area (Å²) in [6.45, 7) is -0.855. The van der Waals surface area contributed by atoms with E-state index >= 15 is 0 Å². The first kappa shape index (κ1) is 22.2. The zero-order valence-electron chi connectivity index (χ0n) is 15.7. The number of alkyl halides is 2. The van der Waals surface area contributed by atoms with Crippen LogP contribution in [0.1, 0.15) is 16.3 Å². The number of halogens is 3. The van der Waals surface area contributed by atoms with E-state index in [4.69, 9.17) is 13.9 Å². The van der Waals surface area contributed by atoms with Gasteiger partial charge in [0.25, 0.3) is 18.0 Å². The van der Waals surface area contributed by atoms with E-state index in [0.717, 1.165) is 16.6 Å². The Labute approximate surface area is 183 Å². The molecule has 0 spiro atoms. The molecule has 0 saturated heterocycles. The standard InChI is InChI=1S/C20H15BrF2N2O6/c21-12-1-3-15(4-2-12)29-10-16-5-6-18(31-16)20(26)24-13-7-14(25(27)28)9-17(8-13)30-11-19(22)23/h1-9,19H,10-11H2,(H,24,26). The monoisotopic (exact) mass is 496 g/mol. The van der Waals surface area contributed by atoms with E-state index in [2.05, 4.69) is 21.2 Å². The molecule has 162 valence electrons. The molecule has 31 heavy (non-hydrogen) atoms. The molecule has 0 aliphatic heterocycles. The van der Waals surface area contributed by atoms with Gasteiger partial charge in [0.15, 0.2) is 5.76 Å². The average molecular weight is 497 g/mol. The Morgan fingerprint density at radius 1 is 1.10 bits per heavy atom. The fraction of sp³-hybridized carbons (Fsp3) is 0.150. The van der Waals surface area contributed by atoms with Gasteiger partial charge in [-0.15, -0.1) is 0 Å². The molecule has 8 nitrogen and oxygen atoms in total. The van der Waals surface area contributed by atoms with Crippen LogP contribution in [-0.2, 0) is 6.61 Å². The van der Waals surface area contributed by atoms with Crippen LogP contribution in [0.4, 0.5) is 20.2 Å². The number of carbonyl (C=O) groups is 1. The molecule has 0 aliphatic rings. The van der Waals surface area contributed by atoms with Crippen molar-refractivity contribution in [3.8, 4) is 11.5 Å². The molecule has 1 heterocycles. The summed E-state index contributed by atoms with van der Waals surface area (Å²) in [5, 5.41) is 13.5. The third-order valence-corrected chi connectivity index (χ3v) is 4.34. The van der Waals surface area contributed by atoms with E-state index in [0.29, 0.717) is 11.5 Å². The van der Waals surface area contributed by atoms with Gasteiger partial charge in [0.05, 0.1) is 16.7 Å². The zero-order chi connectivity index (χ0) is 22.4. The highest BCUT2D eigenvalue weighted by atomic mass is 79.9. The van der Waals surface area contributed by atoms with Gasteiger partial charge < -0.3 is 19.2 Å². The third kappa shape index (κ3) is 6.51. The number of nitrogens with one attached hydrogen (secondary N) is 1. The minimum atomic E-state index is -2.75. The topological polar surface area (TPSA) is 104 Å². The molecule has 2 aromatic carbocycles. The molecule has 1 aromatic heterocycles. The van der Waals surface area contributed by atoms with Crippen molar-refractivity contribution in [2.75, 3.05) is 11.9 Å². The van der Waals surface area contributed by atoms with Crippen molar-refractivity contribution in [1.29, 1.82) is 0 Å². The fourth-order valence-electron chi connectivity index (χ4n) is 2.46. The molecule has 11 heteroatoms. The molecule has 1 amide bonds. The van der Waals surface area contributed by atoms with Crippen LogP contribution in [-0.4, -0.2) is 23.9 Å². The second-order valence-corrected chi connectivity index (χ2v) is 7.05. The zero-order valence-corrected chi connectivity index (χ0v) is 17.3. The summed E-state index contributed by atoms with van der Waals surface area (Å²) in [6.07, 6.45) is -2.75. The van der Waals surface area contributed by atoms with E-state index in [9.17, 15) is 23.7 Å². The fourth-order valence-corrected chi connectivity index (χ4v) is 2.72. The van der Waals surface area contributed by atoms with Crippen LogP contribution in [0.3, 0.4) is 0 Å². The first-order valence-electron chi connectivity index (χ1n) is 8.79. The predicted molar refractivity (Wildman–Crippen MR) is 110 cm³/mol. The van der Waals surface area contributed by atoms with Crippen molar-refractivity contribution in [3.05, 3.63) is 80.7 Å². The third-order valence-electron chi connectivity index (χ3n) is 3.82. The SMILES string of the molecule is O=C(Nc1cc(OCC(F)F)cc([N+](=O)[O-])c1)c1ccc(COc2ccc(Br)cc2)o1. The summed E-state index contributed by atoms with van der Waals surface area (Å²) in [5.74, 6) is 0.0746. The molecular formula is C20H15BrF2N2O6. The molecule has 1 N–H and O–H groups in total. The second-order valence-electron chi connectivity index (χ2n) is 6.14. The van der Waals surface area contributed by atoms with Crippen molar-refractivity contribution >= 4 is 33.2 Å². The first-order chi connectivity index (χ1) is 14.8. The van der Waals surface area contributed by atoms with Gasteiger partial charge in [-0.2, -0.15) is 0 Å². The number of nitro benzene ring substituents is 1. The molecule has 0 bridgehead atoms. The molecule has 0 fully saturated rings. The molecule has 3 rings (SSSR count). The lowest BCUT2D eigenvalue weighted by Crippen LogP contribution is -2.12. The lowest BCUT2D eigenvalue weighted by Gasteiger charge is -2.09. The van der Waals surface area contributed by atoms with Crippen molar-refractivity contribution in [1.82, 2.24) is 0 Å². The van der Waals surface area contributed by atoms with Crippen LogP contribution >= 0.6 is 15.9 Å². The number of amides is 1. The number of anilines is 1. The van der Waals surface area contributed by atoms with Crippen LogP contribution in [0.15, 0.2) is 63.5 Å². The van der Waals surface area contributed by atoms with Gasteiger partial charge in [-0.25, -0.2) is 8.78 Å². The smallest absolute Gasteiger partial charge is 0.291 e. The number of rotatable bonds is 9. The molecule has 0 saturated carbocycles. The average Bonchev–Trinajstić information content (AvgIpc) is 3.21. The number of nitro groups is 1. The minimum Gasteiger partial charge on any atom is -0.487 e. The molecule has 0 atom stereocenters. The highest BCUT2D eigenvalue weighted by Crippen LogP contribution is 2.27. The lowest BCUT2D eigenvalue weighted by molar-refractivity contribution is -0.384. The minimum absolute atomic E-state index is 0.00692. The summed E-state index contributed by atoms with van der Waals surface area (Å²) < 4.78 is 41.4. The van der Waals surface area contributed by atoms with Gasteiger partial charge >= 0.3 is 0 Å². The maximum Gasteiger partial charge on any atom is 0.291 e. The van der Waals surface area contributed by atoms with Crippen LogP contribution < -0.4 is 14.8 Å². The Bertz CT molecular complexity index is 1070. The van der Waals surface area contributed by atoms with Crippen molar-refractivity contribution in [2.24, 2.45) is 0 Å². The lowest BCUT2D eigenvalue weighted by atomic mass is 10.2. The number of hydrogen-bond donors (Lipinski definition) is 1.